The molecule has 0 aromatic rings. The van der Waals surface area contributed by atoms with Crippen LogP contribution < -0.4 is 11.5 Å². The molecule has 0 bridgehead atoms. The molecule has 0 amide bonds. The molecule has 7 N–H and O–H groups in total. The highest BCUT2D eigenvalue weighted by Crippen LogP contribution is 2.24. The van der Waals surface area contributed by atoms with Gasteiger partial charge in [0.25, 0.3) is 0 Å². The van der Waals surface area contributed by atoms with Gasteiger partial charge in [-0.3, -0.25) is 0 Å². The minimum absolute atomic E-state index is 0.119. The third kappa shape index (κ3) is 4.59. The third-order valence-electron chi connectivity index (χ3n) is 4.36. The molecule has 0 aromatic carbocycles. The molecule has 4 unspecified atom stereocenters. The van der Waals surface area contributed by atoms with E-state index in [4.69, 9.17) is 25.7 Å². The second-order valence-electron chi connectivity index (χ2n) is 5.87. The lowest BCUT2D eigenvalue weighted by atomic mass is 9.93. The molecule has 8 heteroatoms. The van der Waals surface area contributed by atoms with Gasteiger partial charge in [0.1, 0.15) is 18.3 Å². The van der Waals surface area contributed by atoms with Crippen LogP contribution in [-0.2, 0) is 14.2 Å². The van der Waals surface area contributed by atoms with Crippen molar-refractivity contribution in [1.29, 1.82) is 0 Å². The summed E-state index contributed by atoms with van der Waals surface area (Å²) in [5, 5.41) is 29.4. The van der Waals surface area contributed by atoms with E-state index >= 15 is 0 Å². The number of ether oxygens (including phenoxy) is 3. The van der Waals surface area contributed by atoms with Crippen molar-refractivity contribution in [3.8, 4) is 0 Å². The summed E-state index contributed by atoms with van der Waals surface area (Å²) in [5.41, 5.74) is 11.6. The van der Waals surface area contributed by atoms with Crippen LogP contribution in [0.3, 0.4) is 0 Å². The van der Waals surface area contributed by atoms with E-state index in [1.807, 2.05) is 0 Å². The summed E-state index contributed by atoms with van der Waals surface area (Å²) in [6.07, 6.45) is -3.74. The summed E-state index contributed by atoms with van der Waals surface area (Å²) >= 11 is 0. The summed E-state index contributed by atoms with van der Waals surface area (Å²) in [4.78, 5) is 0. The molecule has 0 spiro atoms. The van der Waals surface area contributed by atoms with Crippen LogP contribution in [0.15, 0.2) is 0 Å². The molecule has 0 aromatic heterocycles. The number of aliphatic hydroxyl groups is 3. The van der Waals surface area contributed by atoms with E-state index < -0.39 is 42.7 Å². The Morgan fingerprint density at radius 2 is 2.00 bits per heavy atom. The Bertz CT molecular complexity index is 318. The summed E-state index contributed by atoms with van der Waals surface area (Å²) in [5.74, 6) is -0.307. The fourth-order valence-corrected chi connectivity index (χ4v) is 2.61. The summed E-state index contributed by atoms with van der Waals surface area (Å²) < 4.78 is 16.1. The molecule has 1 aliphatic rings. The largest absolute Gasteiger partial charge is 0.394 e. The number of aliphatic hydroxyl groups excluding tert-OH is 3. The van der Waals surface area contributed by atoms with Gasteiger partial charge in [0, 0.05) is 25.6 Å². The van der Waals surface area contributed by atoms with Crippen molar-refractivity contribution < 1.29 is 29.5 Å². The Morgan fingerprint density at radius 3 is 2.50 bits per heavy atom. The van der Waals surface area contributed by atoms with Crippen LogP contribution in [-0.4, -0.2) is 84.9 Å². The van der Waals surface area contributed by atoms with Gasteiger partial charge in [-0.25, -0.2) is 0 Å². The van der Waals surface area contributed by atoms with E-state index in [1.54, 1.807) is 13.8 Å². The summed E-state index contributed by atoms with van der Waals surface area (Å²) in [6, 6.07) is -0.471. The van der Waals surface area contributed by atoms with Crippen molar-refractivity contribution in [2.24, 2.45) is 17.4 Å². The Hall–Kier alpha value is -0.320. The second-order valence-corrected chi connectivity index (χ2v) is 5.87. The maximum Gasteiger partial charge on any atom is 0.114 e. The van der Waals surface area contributed by atoms with Crippen molar-refractivity contribution in [1.82, 2.24) is 0 Å². The van der Waals surface area contributed by atoms with Gasteiger partial charge >= 0.3 is 0 Å². The lowest BCUT2D eigenvalue weighted by Gasteiger charge is -2.30. The van der Waals surface area contributed by atoms with Crippen molar-refractivity contribution in [3.05, 3.63) is 0 Å². The van der Waals surface area contributed by atoms with Crippen LogP contribution >= 0.6 is 0 Å². The number of nitrogens with two attached hydrogens (primary N) is 2. The van der Waals surface area contributed by atoms with Crippen LogP contribution in [0.25, 0.3) is 0 Å². The van der Waals surface area contributed by atoms with Gasteiger partial charge in [-0.15, -0.1) is 0 Å². The lowest BCUT2D eigenvalue weighted by molar-refractivity contribution is -0.0757. The first-order valence-electron chi connectivity index (χ1n) is 7.59. The fourth-order valence-electron chi connectivity index (χ4n) is 2.61. The molecule has 1 rings (SSSR count). The predicted molar refractivity (Wildman–Crippen MR) is 80.2 cm³/mol. The molecule has 1 saturated heterocycles. The molecular weight excluding hydrogens is 292 g/mol. The Morgan fingerprint density at radius 1 is 1.36 bits per heavy atom. The Labute approximate surface area is 131 Å². The first kappa shape index (κ1) is 19.7. The molecule has 22 heavy (non-hydrogen) atoms. The first-order chi connectivity index (χ1) is 10.4. The predicted octanol–water partition coefficient (Wildman–Crippen LogP) is -2.19. The molecule has 8 atom stereocenters. The topological polar surface area (TPSA) is 140 Å². The van der Waals surface area contributed by atoms with Gasteiger partial charge in [0.05, 0.1) is 31.5 Å². The average molecular weight is 322 g/mol. The molecule has 1 aliphatic heterocycles. The first-order valence-corrected chi connectivity index (χ1v) is 7.59. The van der Waals surface area contributed by atoms with Crippen LogP contribution in [0.2, 0.25) is 0 Å². The molecule has 1 fully saturated rings. The van der Waals surface area contributed by atoms with E-state index in [9.17, 15) is 15.3 Å². The number of hydrogen-bond donors (Lipinski definition) is 5. The standard InChI is InChI=1S/C14H30N2O6/c1-7(12(18)10(4-15)20-3)9(16)6-21-14-11(5-17)22-8(2)13(14)19/h7-14,17-19H,4-6,15-16H2,1-3H3/t7?,8-,9?,10-,11+,12?,13+,14?/m0/s1. The van der Waals surface area contributed by atoms with E-state index in [1.165, 1.54) is 7.11 Å². The van der Waals surface area contributed by atoms with Gasteiger partial charge in [0.2, 0.25) is 0 Å². The van der Waals surface area contributed by atoms with E-state index in [2.05, 4.69) is 0 Å². The molecule has 0 saturated carbocycles. The monoisotopic (exact) mass is 322 g/mol. The smallest absolute Gasteiger partial charge is 0.114 e. The average Bonchev–Trinajstić information content (AvgIpc) is 2.79. The minimum Gasteiger partial charge on any atom is -0.394 e. The van der Waals surface area contributed by atoms with Gasteiger partial charge in [0.15, 0.2) is 0 Å². The number of methoxy groups -OCH3 is 1. The molecule has 0 aliphatic carbocycles. The van der Waals surface area contributed by atoms with Gasteiger partial charge in [-0.05, 0) is 6.92 Å². The van der Waals surface area contributed by atoms with Crippen molar-refractivity contribution >= 4 is 0 Å². The summed E-state index contributed by atoms with van der Waals surface area (Å²) in [6.45, 7) is 3.57. The summed E-state index contributed by atoms with van der Waals surface area (Å²) in [7, 11) is 1.48. The lowest BCUT2D eigenvalue weighted by Crippen LogP contribution is -2.48. The zero-order chi connectivity index (χ0) is 16.9. The van der Waals surface area contributed by atoms with Crippen LogP contribution in [0, 0.1) is 5.92 Å². The molecule has 0 radical (unpaired) electrons. The zero-order valence-corrected chi connectivity index (χ0v) is 13.5. The number of rotatable bonds is 9. The SMILES string of the molecule is CO[C@@H](CN)C(O)C(C)C(N)COC1[C@@H](CO)O[C@@H](C)[C@H]1O. The Balaban J connectivity index is 2.52. The normalized spacial score (nSPS) is 34.4. The maximum absolute atomic E-state index is 10.2. The van der Waals surface area contributed by atoms with Gasteiger partial charge < -0.3 is 41.0 Å². The molecule has 1 heterocycles. The van der Waals surface area contributed by atoms with Crippen LogP contribution in [0.1, 0.15) is 13.8 Å². The van der Waals surface area contributed by atoms with Crippen molar-refractivity contribution in [2.45, 2.75) is 56.5 Å². The molecule has 132 valence electrons. The van der Waals surface area contributed by atoms with Gasteiger partial charge in [-0.1, -0.05) is 6.92 Å². The minimum atomic E-state index is -0.819. The van der Waals surface area contributed by atoms with E-state index in [-0.39, 0.29) is 25.7 Å². The van der Waals surface area contributed by atoms with Gasteiger partial charge in [-0.2, -0.15) is 0 Å². The Kier molecular flexibility index (Phi) is 8.15. The van der Waals surface area contributed by atoms with Crippen LogP contribution in [0.4, 0.5) is 0 Å². The highest BCUT2D eigenvalue weighted by molar-refractivity contribution is 4.90. The van der Waals surface area contributed by atoms with E-state index in [0.29, 0.717) is 0 Å². The quantitative estimate of drug-likeness (QED) is 0.322. The van der Waals surface area contributed by atoms with E-state index in [0.717, 1.165) is 0 Å². The second kappa shape index (κ2) is 9.09. The maximum atomic E-state index is 10.2. The van der Waals surface area contributed by atoms with Crippen molar-refractivity contribution in [2.75, 3.05) is 26.9 Å². The molecular formula is C14H30N2O6. The highest BCUT2D eigenvalue weighted by atomic mass is 16.6. The third-order valence-corrected chi connectivity index (χ3v) is 4.36. The van der Waals surface area contributed by atoms with Crippen molar-refractivity contribution in [3.63, 3.8) is 0 Å². The molecule has 8 nitrogen and oxygen atoms in total. The highest BCUT2D eigenvalue weighted by Gasteiger charge is 2.42. The number of hydrogen-bond acceptors (Lipinski definition) is 8. The fraction of sp³-hybridized carbons (Fsp3) is 1.00. The zero-order valence-electron chi connectivity index (χ0n) is 13.5. The van der Waals surface area contributed by atoms with Crippen LogP contribution in [0.5, 0.6) is 0 Å².